The Bertz CT molecular complexity index is 630. The average Bonchev–Trinajstić information content (AvgIpc) is 2.68. The number of carboxylic acids is 1. The Labute approximate surface area is 127 Å². The van der Waals surface area contributed by atoms with Gasteiger partial charge in [-0.15, -0.1) is 0 Å². The predicted octanol–water partition coefficient (Wildman–Crippen LogP) is 3.10. The van der Waals surface area contributed by atoms with E-state index in [1.54, 1.807) is 12.3 Å². The van der Waals surface area contributed by atoms with E-state index < -0.39 is 5.97 Å². The molecule has 0 radical (unpaired) electrons. The number of nitrogens with zero attached hydrogens (tertiary/aromatic N) is 2. The molecule has 0 bridgehead atoms. The van der Waals surface area contributed by atoms with Gasteiger partial charge in [0, 0.05) is 15.5 Å². The molecule has 2 aromatic rings. The van der Waals surface area contributed by atoms with E-state index in [9.17, 15) is 9.18 Å². The number of carbonyl (C=O) groups is 1. The molecule has 0 fully saturated rings. The van der Waals surface area contributed by atoms with E-state index in [0.29, 0.717) is 5.16 Å². The van der Waals surface area contributed by atoms with E-state index in [1.165, 1.54) is 12.1 Å². The maximum absolute atomic E-state index is 13.1. The molecule has 0 atom stereocenters. The number of aryl methyl sites for hydroxylation is 1. The van der Waals surface area contributed by atoms with Crippen molar-refractivity contribution in [1.29, 1.82) is 0 Å². The van der Waals surface area contributed by atoms with Gasteiger partial charge in [-0.3, -0.25) is 9.36 Å². The molecule has 0 spiro atoms. The van der Waals surface area contributed by atoms with Crippen molar-refractivity contribution in [2.24, 2.45) is 0 Å². The standard InChI is InChI=1S/C12H10FIN2O2S/c1-7-5-15-12(19-6-11(17)18)16(7)10-3-2-8(13)4-9(10)14/h2-5H,6H2,1H3,(H,17,18). The second kappa shape index (κ2) is 5.91. The zero-order valence-corrected chi connectivity index (χ0v) is 12.9. The average molecular weight is 392 g/mol. The molecule has 0 aliphatic carbocycles. The Morgan fingerprint density at radius 3 is 2.95 bits per heavy atom. The number of thioether (sulfide) groups is 1. The molecule has 100 valence electrons. The van der Waals surface area contributed by atoms with Crippen molar-refractivity contribution in [1.82, 2.24) is 9.55 Å². The first-order chi connectivity index (χ1) is 8.99. The molecule has 2 rings (SSSR count). The molecule has 0 amide bonds. The highest BCUT2D eigenvalue weighted by Crippen LogP contribution is 2.26. The summed E-state index contributed by atoms with van der Waals surface area (Å²) >= 11 is 3.19. The quantitative estimate of drug-likeness (QED) is 0.642. The van der Waals surface area contributed by atoms with Gasteiger partial charge in [0.1, 0.15) is 5.82 Å². The van der Waals surface area contributed by atoms with Crippen LogP contribution in [-0.4, -0.2) is 26.4 Å². The molecule has 0 aliphatic rings. The van der Waals surface area contributed by atoms with Crippen LogP contribution < -0.4 is 0 Å². The third-order valence-corrected chi connectivity index (χ3v) is 4.18. The number of hydrogen-bond donors (Lipinski definition) is 1. The molecule has 19 heavy (non-hydrogen) atoms. The van der Waals surface area contributed by atoms with Crippen LogP contribution in [-0.2, 0) is 4.79 Å². The molecule has 0 saturated heterocycles. The maximum Gasteiger partial charge on any atom is 0.313 e. The van der Waals surface area contributed by atoms with Crippen molar-refractivity contribution in [3.05, 3.63) is 39.5 Å². The third kappa shape index (κ3) is 3.27. The first kappa shape index (κ1) is 14.3. The lowest BCUT2D eigenvalue weighted by molar-refractivity contribution is -0.133. The number of imidazole rings is 1. The third-order valence-electron chi connectivity index (χ3n) is 2.38. The molecular formula is C12H10FIN2O2S. The van der Waals surface area contributed by atoms with Gasteiger partial charge in [0.15, 0.2) is 5.16 Å². The number of hydrogen-bond acceptors (Lipinski definition) is 3. The van der Waals surface area contributed by atoms with Gasteiger partial charge < -0.3 is 5.11 Å². The number of rotatable bonds is 4. The summed E-state index contributed by atoms with van der Waals surface area (Å²) in [5, 5.41) is 9.31. The molecule has 1 aromatic heterocycles. The fraction of sp³-hybridized carbons (Fsp3) is 0.167. The lowest BCUT2D eigenvalue weighted by atomic mass is 10.3. The Kier molecular flexibility index (Phi) is 4.46. The lowest BCUT2D eigenvalue weighted by Crippen LogP contribution is -2.04. The first-order valence-corrected chi connectivity index (χ1v) is 7.40. The molecule has 1 aromatic carbocycles. The normalized spacial score (nSPS) is 10.7. The molecule has 1 N–H and O–H groups in total. The van der Waals surface area contributed by atoms with Crippen LogP contribution in [0.1, 0.15) is 5.69 Å². The van der Waals surface area contributed by atoms with Crippen LogP contribution in [0.15, 0.2) is 29.6 Å². The minimum atomic E-state index is -0.897. The van der Waals surface area contributed by atoms with Crippen molar-refractivity contribution in [2.45, 2.75) is 12.1 Å². The maximum atomic E-state index is 13.1. The summed E-state index contributed by atoms with van der Waals surface area (Å²) in [6, 6.07) is 4.47. The van der Waals surface area contributed by atoms with E-state index in [4.69, 9.17) is 5.11 Å². The Morgan fingerprint density at radius 1 is 1.58 bits per heavy atom. The second-order valence-corrected chi connectivity index (χ2v) is 5.90. The Hall–Kier alpha value is -1.09. The summed E-state index contributed by atoms with van der Waals surface area (Å²) in [5.74, 6) is -1.26. The van der Waals surface area contributed by atoms with Gasteiger partial charge in [0.05, 0.1) is 11.4 Å². The topological polar surface area (TPSA) is 55.1 Å². The van der Waals surface area contributed by atoms with E-state index in [-0.39, 0.29) is 11.6 Å². The van der Waals surface area contributed by atoms with E-state index in [2.05, 4.69) is 4.98 Å². The SMILES string of the molecule is Cc1cnc(SCC(=O)O)n1-c1ccc(F)cc1I. The zero-order chi connectivity index (χ0) is 14.0. The molecular weight excluding hydrogens is 382 g/mol. The predicted molar refractivity (Wildman–Crippen MR) is 79.3 cm³/mol. The number of benzene rings is 1. The van der Waals surface area contributed by atoms with Crippen LogP contribution in [0.3, 0.4) is 0 Å². The molecule has 0 saturated carbocycles. The Balaban J connectivity index is 2.43. The number of carboxylic acid groups (broad SMARTS) is 1. The van der Waals surface area contributed by atoms with Crippen molar-refractivity contribution in [3.63, 3.8) is 0 Å². The van der Waals surface area contributed by atoms with Crippen LogP contribution in [0.2, 0.25) is 0 Å². The fourth-order valence-electron chi connectivity index (χ4n) is 1.60. The number of aliphatic carboxylic acids is 1. The number of aromatic nitrogens is 2. The van der Waals surface area contributed by atoms with Gasteiger partial charge in [-0.1, -0.05) is 11.8 Å². The van der Waals surface area contributed by atoms with Gasteiger partial charge in [0.2, 0.25) is 0 Å². The molecule has 1 heterocycles. The highest BCUT2D eigenvalue weighted by Gasteiger charge is 2.13. The van der Waals surface area contributed by atoms with Gasteiger partial charge in [-0.05, 0) is 47.7 Å². The van der Waals surface area contributed by atoms with Gasteiger partial charge >= 0.3 is 5.97 Å². The monoisotopic (exact) mass is 392 g/mol. The van der Waals surface area contributed by atoms with E-state index >= 15 is 0 Å². The van der Waals surface area contributed by atoms with Crippen molar-refractivity contribution in [2.75, 3.05) is 5.75 Å². The highest BCUT2D eigenvalue weighted by molar-refractivity contribution is 14.1. The first-order valence-electron chi connectivity index (χ1n) is 5.33. The molecule has 4 nitrogen and oxygen atoms in total. The van der Waals surface area contributed by atoms with Gasteiger partial charge in [-0.25, -0.2) is 9.37 Å². The highest BCUT2D eigenvalue weighted by atomic mass is 127. The minimum absolute atomic E-state index is 0.0613. The summed E-state index contributed by atoms with van der Waals surface area (Å²) < 4.78 is 15.7. The van der Waals surface area contributed by atoms with Crippen LogP contribution in [0, 0.1) is 16.3 Å². The summed E-state index contributed by atoms with van der Waals surface area (Å²) in [6.07, 6.45) is 1.67. The molecule has 7 heteroatoms. The summed E-state index contributed by atoms with van der Waals surface area (Å²) in [4.78, 5) is 14.8. The summed E-state index contributed by atoms with van der Waals surface area (Å²) in [7, 11) is 0. The van der Waals surface area contributed by atoms with Crippen LogP contribution in [0.5, 0.6) is 0 Å². The van der Waals surface area contributed by atoms with Crippen LogP contribution in [0.4, 0.5) is 4.39 Å². The smallest absolute Gasteiger partial charge is 0.313 e. The second-order valence-electron chi connectivity index (χ2n) is 3.80. The van der Waals surface area contributed by atoms with Crippen LogP contribution >= 0.6 is 34.4 Å². The zero-order valence-electron chi connectivity index (χ0n) is 9.93. The van der Waals surface area contributed by atoms with Crippen molar-refractivity contribution < 1.29 is 14.3 Å². The largest absolute Gasteiger partial charge is 0.481 e. The molecule has 0 aliphatic heterocycles. The van der Waals surface area contributed by atoms with Gasteiger partial charge in [0.25, 0.3) is 0 Å². The minimum Gasteiger partial charge on any atom is -0.481 e. The number of halogens is 2. The Morgan fingerprint density at radius 2 is 2.32 bits per heavy atom. The van der Waals surface area contributed by atoms with Crippen LogP contribution in [0.25, 0.3) is 5.69 Å². The fourth-order valence-corrected chi connectivity index (χ4v) is 3.07. The van der Waals surface area contributed by atoms with Crippen molar-refractivity contribution in [3.8, 4) is 5.69 Å². The molecule has 0 unspecified atom stereocenters. The lowest BCUT2D eigenvalue weighted by Gasteiger charge is -2.11. The van der Waals surface area contributed by atoms with Gasteiger partial charge in [-0.2, -0.15) is 0 Å². The summed E-state index contributed by atoms with van der Waals surface area (Å²) in [6.45, 7) is 1.87. The van der Waals surface area contributed by atoms with E-state index in [1.807, 2.05) is 34.1 Å². The van der Waals surface area contributed by atoms with E-state index in [0.717, 1.165) is 26.7 Å². The van der Waals surface area contributed by atoms with Crippen molar-refractivity contribution >= 4 is 40.3 Å². The summed E-state index contributed by atoms with van der Waals surface area (Å²) in [5.41, 5.74) is 1.67.